The van der Waals surface area contributed by atoms with E-state index in [4.69, 9.17) is 14.2 Å². The molecular weight excluding hydrogens is 332 g/mol. The first-order valence-corrected chi connectivity index (χ1v) is 9.60. The lowest BCUT2D eigenvalue weighted by molar-refractivity contribution is -0.141. The number of amides is 1. The van der Waals surface area contributed by atoms with Gasteiger partial charge in [-0.15, -0.1) is 0 Å². The number of carbonyl (C=O) groups excluding carboxylic acids is 1. The first kappa shape index (κ1) is 19.1. The van der Waals surface area contributed by atoms with Crippen molar-refractivity contribution >= 4 is 11.6 Å². The van der Waals surface area contributed by atoms with Gasteiger partial charge in [0.25, 0.3) is 5.91 Å². The second kappa shape index (κ2) is 8.84. The molecule has 1 aromatic rings. The van der Waals surface area contributed by atoms with Gasteiger partial charge >= 0.3 is 0 Å². The molecule has 1 saturated carbocycles. The van der Waals surface area contributed by atoms with Crippen LogP contribution in [0.4, 0.5) is 5.69 Å². The third-order valence-electron chi connectivity index (χ3n) is 5.14. The fourth-order valence-corrected chi connectivity index (χ4v) is 3.31. The number of hydrogen-bond donors (Lipinski definition) is 1. The number of ether oxygens (including phenoxy) is 3. The van der Waals surface area contributed by atoms with Crippen molar-refractivity contribution in [3.8, 4) is 5.75 Å². The molecule has 1 aliphatic carbocycles. The van der Waals surface area contributed by atoms with Gasteiger partial charge in [0.2, 0.25) is 0 Å². The molecule has 6 nitrogen and oxygen atoms in total. The lowest BCUT2D eigenvalue weighted by atomic mass is 9.99. The molecule has 2 fully saturated rings. The summed E-state index contributed by atoms with van der Waals surface area (Å²) < 4.78 is 16.9. The van der Waals surface area contributed by atoms with Crippen LogP contribution in [0.3, 0.4) is 0 Å². The monoisotopic (exact) mass is 362 g/mol. The molecule has 1 heterocycles. The Morgan fingerprint density at radius 2 is 1.96 bits per heavy atom. The van der Waals surface area contributed by atoms with E-state index in [0.29, 0.717) is 19.1 Å². The highest BCUT2D eigenvalue weighted by molar-refractivity contribution is 5.97. The number of carbonyl (C=O) groups is 1. The zero-order valence-electron chi connectivity index (χ0n) is 15.8. The molecule has 0 spiro atoms. The summed E-state index contributed by atoms with van der Waals surface area (Å²) in [6.07, 6.45) is 2.11. The van der Waals surface area contributed by atoms with Crippen LogP contribution in [0.2, 0.25) is 0 Å². The van der Waals surface area contributed by atoms with Crippen molar-refractivity contribution in [2.45, 2.75) is 32.3 Å². The molecule has 1 amide bonds. The van der Waals surface area contributed by atoms with Crippen molar-refractivity contribution in [2.75, 3.05) is 51.4 Å². The number of rotatable bonds is 9. The van der Waals surface area contributed by atoms with Gasteiger partial charge in [-0.2, -0.15) is 0 Å². The van der Waals surface area contributed by atoms with E-state index in [1.54, 1.807) is 0 Å². The number of anilines is 1. The van der Waals surface area contributed by atoms with Crippen LogP contribution < -0.4 is 10.1 Å². The molecule has 26 heavy (non-hydrogen) atoms. The lowest BCUT2D eigenvalue weighted by Gasteiger charge is -2.28. The van der Waals surface area contributed by atoms with Gasteiger partial charge in [0.05, 0.1) is 13.2 Å². The second-order valence-electron chi connectivity index (χ2n) is 7.10. The zero-order chi connectivity index (χ0) is 18.4. The maximum Gasteiger partial charge on any atom is 0.256 e. The molecule has 1 atom stereocenters. The predicted molar refractivity (Wildman–Crippen MR) is 101 cm³/mol. The van der Waals surface area contributed by atoms with Crippen molar-refractivity contribution in [1.82, 2.24) is 4.90 Å². The predicted octanol–water partition coefficient (Wildman–Crippen LogP) is 2.54. The Morgan fingerprint density at radius 3 is 2.58 bits per heavy atom. The van der Waals surface area contributed by atoms with E-state index in [9.17, 15) is 4.79 Å². The van der Waals surface area contributed by atoms with Crippen LogP contribution in [0, 0.1) is 5.92 Å². The summed E-state index contributed by atoms with van der Waals surface area (Å²) in [5.74, 6) is 1.07. The molecule has 1 aromatic carbocycles. The van der Waals surface area contributed by atoms with Crippen LogP contribution in [0.5, 0.6) is 5.75 Å². The minimum Gasteiger partial charge on any atom is -0.492 e. The van der Waals surface area contributed by atoms with Crippen LogP contribution >= 0.6 is 0 Å². The smallest absolute Gasteiger partial charge is 0.256 e. The fourth-order valence-electron chi connectivity index (χ4n) is 3.31. The van der Waals surface area contributed by atoms with Crippen LogP contribution in [0.25, 0.3) is 0 Å². The first-order valence-electron chi connectivity index (χ1n) is 9.60. The standard InChI is InChI=1S/C20H30N2O4/c1-3-26-20(2,16-4-5-16)19(23)21-17-6-8-18(9-7-17)25-15-12-22-10-13-24-14-11-22/h6-9,16H,3-5,10-15H2,1-2H3,(H,21,23)/t20-/m0/s1. The number of hydrogen-bond acceptors (Lipinski definition) is 5. The molecule has 3 rings (SSSR count). The molecule has 6 heteroatoms. The SMILES string of the molecule is CCO[C@](C)(C(=O)Nc1ccc(OCCN2CCOCC2)cc1)C1CC1. The summed E-state index contributed by atoms with van der Waals surface area (Å²) in [5, 5.41) is 2.98. The maximum absolute atomic E-state index is 12.7. The van der Waals surface area contributed by atoms with Crippen LogP contribution in [0.1, 0.15) is 26.7 Å². The highest BCUT2D eigenvalue weighted by Gasteiger charge is 2.48. The number of morpholine rings is 1. The van der Waals surface area contributed by atoms with E-state index in [1.807, 2.05) is 38.1 Å². The quantitative estimate of drug-likeness (QED) is 0.732. The van der Waals surface area contributed by atoms with Gasteiger partial charge in [0.1, 0.15) is 18.0 Å². The Hall–Kier alpha value is -1.63. The minimum atomic E-state index is -0.734. The van der Waals surface area contributed by atoms with Gasteiger partial charge < -0.3 is 19.5 Å². The van der Waals surface area contributed by atoms with Crippen molar-refractivity contribution in [3.05, 3.63) is 24.3 Å². The minimum absolute atomic E-state index is 0.0668. The number of nitrogens with one attached hydrogen (secondary N) is 1. The highest BCUT2D eigenvalue weighted by Crippen LogP contribution is 2.42. The average Bonchev–Trinajstić information content (AvgIpc) is 3.50. The maximum atomic E-state index is 12.7. The van der Waals surface area contributed by atoms with E-state index < -0.39 is 5.60 Å². The molecule has 2 aliphatic rings. The summed E-state index contributed by atoms with van der Waals surface area (Å²) >= 11 is 0. The van der Waals surface area contributed by atoms with E-state index in [2.05, 4.69) is 10.2 Å². The Balaban J connectivity index is 1.47. The van der Waals surface area contributed by atoms with Crippen LogP contribution in [-0.2, 0) is 14.3 Å². The Kier molecular flexibility index (Phi) is 6.51. The molecule has 144 valence electrons. The third-order valence-corrected chi connectivity index (χ3v) is 5.14. The van der Waals surface area contributed by atoms with E-state index in [1.165, 1.54) is 0 Å². The molecule has 0 bridgehead atoms. The third kappa shape index (κ3) is 4.96. The molecule has 1 N–H and O–H groups in total. The van der Waals surface area contributed by atoms with E-state index in [0.717, 1.165) is 57.1 Å². The first-order chi connectivity index (χ1) is 12.6. The van der Waals surface area contributed by atoms with Crippen molar-refractivity contribution in [2.24, 2.45) is 5.92 Å². The average molecular weight is 362 g/mol. The van der Waals surface area contributed by atoms with Gasteiger partial charge in [0.15, 0.2) is 0 Å². The molecule has 1 saturated heterocycles. The summed E-state index contributed by atoms with van der Waals surface area (Å²) in [7, 11) is 0. The van der Waals surface area contributed by atoms with Crippen LogP contribution in [-0.4, -0.2) is 62.5 Å². The summed E-state index contributed by atoms with van der Waals surface area (Å²) in [4.78, 5) is 15.0. The normalized spacial score (nSPS) is 20.4. The van der Waals surface area contributed by atoms with Gasteiger partial charge in [-0.05, 0) is 56.9 Å². The molecule has 0 aromatic heterocycles. The summed E-state index contributed by atoms with van der Waals surface area (Å²) in [6.45, 7) is 9.44. The van der Waals surface area contributed by atoms with E-state index >= 15 is 0 Å². The van der Waals surface area contributed by atoms with Gasteiger partial charge in [0, 0.05) is 31.9 Å². The van der Waals surface area contributed by atoms with Crippen molar-refractivity contribution < 1.29 is 19.0 Å². The number of benzene rings is 1. The largest absolute Gasteiger partial charge is 0.492 e. The molecular formula is C20H30N2O4. The summed E-state index contributed by atoms with van der Waals surface area (Å²) in [5.41, 5.74) is 0.0318. The Morgan fingerprint density at radius 1 is 1.27 bits per heavy atom. The lowest BCUT2D eigenvalue weighted by Crippen LogP contribution is -2.44. The van der Waals surface area contributed by atoms with Crippen molar-refractivity contribution in [1.29, 1.82) is 0 Å². The molecule has 0 radical (unpaired) electrons. The fraction of sp³-hybridized carbons (Fsp3) is 0.650. The summed E-state index contributed by atoms with van der Waals surface area (Å²) in [6, 6.07) is 7.54. The second-order valence-corrected chi connectivity index (χ2v) is 7.10. The highest BCUT2D eigenvalue weighted by atomic mass is 16.5. The van der Waals surface area contributed by atoms with Crippen LogP contribution in [0.15, 0.2) is 24.3 Å². The van der Waals surface area contributed by atoms with Gasteiger partial charge in [-0.25, -0.2) is 0 Å². The number of nitrogens with zero attached hydrogens (tertiary/aromatic N) is 1. The molecule has 0 unspecified atom stereocenters. The topological polar surface area (TPSA) is 60.0 Å². The van der Waals surface area contributed by atoms with Gasteiger partial charge in [-0.3, -0.25) is 9.69 Å². The molecule has 1 aliphatic heterocycles. The van der Waals surface area contributed by atoms with Gasteiger partial charge in [-0.1, -0.05) is 0 Å². The Bertz CT molecular complexity index is 582. The van der Waals surface area contributed by atoms with E-state index in [-0.39, 0.29) is 5.91 Å². The van der Waals surface area contributed by atoms with Crippen molar-refractivity contribution in [3.63, 3.8) is 0 Å². The Labute approximate surface area is 155 Å². The zero-order valence-corrected chi connectivity index (χ0v) is 15.8.